The molecule has 2 heterocycles. The number of nitrogens with zero attached hydrogens (tertiary/aromatic N) is 3. The lowest BCUT2D eigenvalue weighted by atomic mass is 9.99. The lowest BCUT2D eigenvalue weighted by Gasteiger charge is -2.19. The summed E-state index contributed by atoms with van der Waals surface area (Å²) in [4.78, 5) is 12.7. The first-order valence-electron chi connectivity index (χ1n) is 9.65. The average Bonchev–Trinajstić information content (AvgIpc) is 3.43. The van der Waals surface area contributed by atoms with Crippen LogP contribution in [-0.2, 0) is 18.3 Å². The fraction of sp³-hybridized carbons (Fsp3) is 0.174. The van der Waals surface area contributed by atoms with Crippen molar-refractivity contribution in [2.45, 2.75) is 17.6 Å². The maximum atomic E-state index is 12.7. The van der Waals surface area contributed by atoms with E-state index in [1.807, 2.05) is 66.2 Å². The van der Waals surface area contributed by atoms with E-state index in [0.717, 1.165) is 12.0 Å². The molecule has 0 bridgehead atoms. The summed E-state index contributed by atoms with van der Waals surface area (Å²) in [5.41, 5.74) is 2.26. The van der Waals surface area contributed by atoms with Crippen molar-refractivity contribution >= 4 is 17.7 Å². The van der Waals surface area contributed by atoms with E-state index in [2.05, 4.69) is 27.6 Å². The third-order valence-electron chi connectivity index (χ3n) is 4.73. The SMILES string of the molecule is Cn1c(SCC(=O)N[C@H](Cc2ccccc2)c2ccccc2)nnc1-c1ccco1. The number of rotatable bonds is 8. The molecule has 0 saturated heterocycles. The van der Waals surface area contributed by atoms with Gasteiger partial charge in [-0.05, 0) is 29.7 Å². The molecule has 0 radical (unpaired) electrons. The summed E-state index contributed by atoms with van der Waals surface area (Å²) in [6.07, 6.45) is 2.33. The summed E-state index contributed by atoms with van der Waals surface area (Å²) in [5.74, 6) is 1.48. The van der Waals surface area contributed by atoms with Gasteiger partial charge in [0.15, 0.2) is 16.7 Å². The Morgan fingerprint density at radius 2 is 1.77 bits per heavy atom. The highest BCUT2D eigenvalue weighted by molar-refractivity contribution is 7.99. The number of benzene rings is 2. The van der Waals surface area contributed by atoms with Gasteiger partial charge in [-0.15, -0.1) is 10.2 Å². The van der Waals surface area contributed by atoms with E-state index in [-0.39, 0.29) is 17.7 Å². The summed E-state index contributed by atoms with van der Waals surface area (Å²) in [5, 5.41) is 12.2. The number of furan rings is 1. The van der Waals surface area contributed by atoms with Gasteiger partial charge in [0, 0.05) is 7.05 Å². The summed E-state index contributed by atoms with van der Waals surface area (Å²) < 4.78 is 7.21. The number of aromatic nitrogens is 3. The van der Waals surface area contributed by atoms with Crippen LogP contribution >= 0.6 is 11.8 Å². The molecule has 2 aromatic heterocycles. The van der Waals surface area contributed by atoms with Gasteiger partial charge in [0.2, 0.25) is 5.91 Å². The molecule has 0 spiro atoms. The topological polar surface area (TPSA) is 73.0 Å². The third kappa shape index (κ3) is 4.80. The largest absolute Gasteiger partial charge is 0.461 e. The van der Waals surface area contributed by atoms with E-state index in [1.54, 1.807) is 12.3 Å². The molecule has 152 valence electrons. The molecule has 4 aromatic rings. The monoisotopic (exact) mass is 418 g/mol. The van der Waals surface area contributed by atoms with Crippen LogP contribution in [0.4, 0.5) is 0 Å². The summed E-state index contributed by atoms with van der Waals surface area (Å²) in [6, 6.07) is 23.8. The predicted octanol–water partition coefficient (Wildman–Crippen LogP) is 4.27. The van der Waals surface area contributed by atoms with Crippen LogP contribution in [0.1, 0.15) is 17.2 Å². The average molecular weight is 419 g/mol. The molecule has 0 aliphatic rings. The van der Waals surface area contributed by atoms with Gasteiger partial charge in [0.05, 0.1) is 18.1 Å². The van der Waals surface area contributed by atoms with E-state index in [9.17, 15) is 4.79 Å². The molecule has 0 aliphatic heterocycles. The highest BCUT2D eigenvalue weighted by Crippen LogP contribution is 2.23. The molecular formula is C23H22N4O2S. The van der Waals surface area contributed by atoms with Crippen LogP contribution in [0.3, 0.4) is 0 Å². The van der Waals surface area contributed by atoms with Crippen molar-refractivity contribution in [3.63, 3.8) is 0 Å². The predicted molar refractivity (Wildman–Crippen MR) is 117 cm³/mol. The lowest BCUT2D eigenvalue weighted by Crippen LogP contribution is -2.31. The van der Waals surface area contributed by atoms with E-state index in [0.29, 0.717) is 16.7 Å². The Balaban J connectivity index is 1.42. The first-order chi connectivity index (χ1) is 14.7. The first kappa shape index (κ1) is 20.0. The Morgan fingerprint density at radius 1 is 1.03 bits per heavy atom. The zero-order valence-corrected chi connectivity index (χ0v) is 17.4. The van der Waals surface area contributed by atoms with Crippen molar-refractivity contribution in [1.82, 2.24) is 20.1 Å². The van der Waals surface area contributed by atoms with Crippen LogP contribution in [-0.4, -0.2) is 26.4 Å². The number of carbonyl (C=O) groups excluding carboxylic acids is 1. The zero-order valence-electron chi connectivity index (χ0n) is 16.6. The highest BCUT2D eigenvalue weighted by Gasteiger charge is 2.18. The van der Waals surface area contributed by atoms with Crippen molar-refractivity contribution in [2.75, 3.05) is 5.75 Å². The number of carbonyl (C=O) groups is 1. The highest BCUT2D eigenvalue weighted by atomic mass is 32.2. The minimum absolute atomic E-state index is 0.0488. The number of amides is 1. The number of thioether (sulfide) groups is 1. The molecule has 0 saturated carbocycles. The van der Waals surface area contributed by atoms with Crippen LogP contribution in [0, 0.1) is 0 Å². The second-order valence-electron chi connectivity index (χ2n) is 6.85. The summed E-state index contributed by atoms with van der Waals surface area (Å²) >= 11 is 1.35. The van der Waals surface area contributed by atoms with E-state index < -0.39 is 0 Å². The van der Waals surface area contributed by atoms with Crippen molar-refractivity contribution < 1.29 is 9.21 Å². The maximum Gasteiger partial charge on any atom is 0.230 e. The number of nitrogens with one attached hydrogen (secondary N) is 1. The third-order valence-corrected chi connectivity index (χ3v) is 5.75. The molecule has 2 aromatic carbocycles. The number of hydrogen-bond acceptors (Lipinski definition) is 5. The minimum Gasteiger partial charge on any atom is -0.461 e. The fourth-order valence-corrected chi connectivity index (χ4v) is 3.94. The Kier molecular flexibility index (Phi) is 6.29. The van der Waals surface area contributed by atoms with Crippen LogP contribution < -0.4 is 5.32 Å². The molecular weight excluding hydrogens is 396 g/mol. The molecule has 1 atom stereocenters. The van der Waals surface area contributed by atoms with Gasteiger partial charge in [0.1, 0.15) is 0 Å². The normalized spacial score (nSPS) is 11.9. The number of hydrogen-bond donors (Lipinski definition) is 1. The van der Waals surface area contributed by atoms with Crippen LogP contribution in [0.2, 0.25) is 0 Å². The van der Waals surface area contributed by atoms with E-state index in [4.69, 9.17) is 4.42 Å². The molecule has 0 fully saturated rings. The molecule has 1 N–H and O–H groups in total. The lowest BCUT2D eigenvalue weighted by molar-refractivity contribution is -0.119. The smallest absolute Gasteiger partial charge is 0.230 e. The Labute approximate surface area is 179 Å². The standard InChI is InChI=1S/C23H22N4O2S/c1-27-22(20-13-8-14-29-20)25-26-23(27)30-16-21(28)24-19(18-11-6-3-7-12-18)15-17-9-4-2-5-10-17/h2-14,19H,15-16H2,1H3,(H,24,28)/t19-/m1/s1. The van der Waals surface area contributed by atoms with Gasteiger partial charge in [-0.25, -0.2) is 0 Å². The molecule has 1 amide bonds. The van der Waals surface area contributed by atoms with Crippen molar-refractivity contribution in [2.24, 2.45) is 7.05 Å². The van der Waals surface area contributed by atoms with Crippen molar-refractivity contribution in [3.05, 3.63) is 90.2 Å². The fourth-order valence-electron chi connectivity index (χ4n) is 3.21. The van der Waals surface area contributed by atoms with Crippen LogP contribution in [0.5, 0.6) is 0 Å². The minimum atomic E-state index is -0.0973. The van der Waals surface area contributed by atoms with Gasteiger partial charge in [-0.1, -0.05) is 72.4 Å². The first-order valence-corrected chi connectivity index (χ1v) is 10.6. The molecule has 30 heavy (non-hydrogen) atoms. The van der Waals surface area contributed by atoms with E-state index in [1.165, 1.54) is 17.3 Å². The molecule has 0 aliphatic carbocycles. The quantitative estimate of drug-likeness (QED) is 0.433. The summed E-state index contributed by atoms with van der Waals surface area (Å²) in [6.45, 7) is 0. The molecule has 7 heteroatoms. The van der Waals surface area contributed by atoms with Gasteiger partial charge >= 0.3 is 0 Å². The molecule has 0 unspecified atom stereocenters. The Bertz CT molecular complexity index is 1080. The molecule has 4 rings (SSSR count). The summed E-state index contributed by atoms with van der Waals surface area (Å²) in [7, 11) is 1.86. The van der Waals surface area contributed by atoms with Gasteiger partial charge < -0.3 is 14.3 Å². The van der Waals surface area contributed by atoms with Gasteiger partial charge in [-0.3, -0.25) is 4.79 Å². The second kappa shape index (κ2) is 9.45. The van der Waals surface area contributed by atoms with Crippen molar-refractivity contribution in [3.8, 4) is 11.6 Å². The second-order valence-corrected chi connectivity index (χ2v) is 7.79. The van der Waals surface area contributed by atoms with Crippen LogP contribution in [0.25, 0.3) is 11.6 Å². The van der Waals surface area contributed by atoms with Crippen molar-refractivity contribution in [1.29, 1.82) is 0 Å². The van der Waals surface area contributed by atoms with Gasteiger partial charge in [0.25, 0.3) is 0 Å². The maximum absolute atomic E-state index is 12.7. The van der Waals surface area contributed by atoms with E-state index >= 15 is 0 Å². The Morgan fingerprint density at radius 3 is 2.47 bits per heavy atom. The molecule has 6 nitrogen and oxygen atoms in total. The zero-order chi connectivity index (χ0) is 20.8. The van der Waals surface area contributed by atoms with Crippen LogP contribution in [0.15, 0.2) is 88.6 Å². The van der Waals surface area contributed by atoms with Gasteiger partial charge in [-0.2, -0.15) is 0 Å². The Hall–Kier alpha value is -3.32.